The number of fused-ring (bicyclic) bond motifs is 6. The van der Waals surface area contributed by atoms with Crippen LogP contribution in [0.5, 0.6) is 0 Å². The van der Waals surface area contributed by atoms with Crippen LogP contribution in [0.2, 0.25) is 0 Å². The molecule has 2 unspecified atom stereocenters. The first-order valence-electron chi connectivity index (χ1n) is 12.4. The third kappa shape index (κ3) is 2.52. The average molecular weight is 497 g/mol. The van der Waals surface area contributed by atoms with E-state index in [0.717, 1.165) is 11.3 Å². The number of aliphatic hydroxyl groups excluding tert-OH is 1. The van der Waals surface area contributed by atoms with Crippen LogP contribution in [0.3, 0.4) is 0 Å². The van der Waals surface area contributed by atoms with E-state index in [2.05, 4.69) is 5.10 Å². The number of carboxylic acids is 1. The third-order valence-electron chi connectivity index (χ3n) is 10.1. The van der Waals surface area contributed by atoms with Gasteiger partial charge in [-0.1, -0.05) is 39.0 Å². The Morgan fingerprint density at radius 1 is 1.22 bits per heavy atom. The standard InChI is InChI=1S/C28H30F2N2O4/c1-15-9-18-19-10-21(29)20-11-22-16(14-31-32(22)17-7-5-4-6-8-17)12-25(20,2)27(19,30)23(33)13-26(18,3)28(15,36)24(34)35/h4-8,10-11,14-15,18-19,23,33,36H,9,12-13H2,1-3H3,(H,34,35)/t15-,18?,19?,23+,25+,26+,27+,28+/m1/s1. The van der Waals surface area contributed by atoms with Crippen LogP contribution in [0.1, 0.15) is 44.9 Å². The molecule has 190 valence electrons. The molecule has 8 atom stereocenters. The zero-order chi connectivity index (χ0) is 25.8. The summed E-state index contributed by atoms with van der Waals surface area (Å²) in [6, 6.07) is 9.41. The number of hydrogen-bond donors (Lipinski definition) is 3. The number of benzene rings is 1. The molecule has 4 aliphatic rings. The van der Waals surface area contributed by atoms with Gasteiger partial charge in [0.15, 0.2) is 11.3 Å². The number of alkyl halides is 1. The van der Waals surface area contributed by atoms with E-state index in [1.54, 1.807) is 37.7 Å². The Bertz CT molecular complexity index is 1340. The average Bonchev–Trinajstić information content (AvgIpc) is 3.33. The summed E-state index contributed by atoms with van der Waals surface area (Å²) in [5.74, 6) is -4.38. The van der Waals surface area contributed by atoms with Crippen LogP contribution in [-0.2, 0) is 11.2 Å². The SMILES string of the molecule is C[C@@H]1CC2C3C=C(F)C4=Cc5c(cnn5-c5ccccc5)C[C@]4(C)[C@@]3(F)[C@@H](O)C[C@]2(C)[C@@]1(O)C(=O)O. The third-order valence-corrected chi connectivity index (χ3v) is 10.1. The van der Waals surface area contributed by atoms with Crippen molar-refractivity contribution in [3.63, 3.8) is 0 Å². The van der Waals surface area contributed by atoms with E-state index in [-0.39, 0.29) is 24.8 Å². The number of halogens is 2. The highest BCUT2D eigenvalue weighted by Gasteiger charge is 2.76. The van der Waals surface area contributed by atoms with E-state index in [4.69, 9.17) is 0 Å². The van der Waals surface area contributed by atoms with Gasteiger partial charge < -0.3 is 15.3 Å². The van der Waals surface area contributed by atoms with E-state index in [0.29, 0.717) is 5.69 Å². The maximum Gasteiger partial charge on any atom is 0.336 e. The molecule has 0 aliphatic heterocycles. The molecule has 0 saturated heterocycles. The molecule has 1 heterocycles. The van der Waals surface area contributed by atoms with Gasteiger partial charge in [0, 0.05) is 16.7 Å². The van der Waals surface area contributed by atoms with Gasteiger partial charge in [-0.3, -0.25) is 0 Å². The molecule has 3 N–H and O–H groups in total. The van der Waals surface area contributed by atoms with E-state index < -0.39 is 57.8 Å². The maximum atomic E-state index is 17.6. The molecule has 0 amide bonds. The molecule has 0 bridgehead atoms. The number of allylic oxidation sites excluding steroid dienone is 3. The smallest absolute Gasteiger partial charge is 0.336 e. The van der Waals surface area contributed by atoms with Crippen molar-refractivity contribution in [1.29, 1.82) is 0 Å². The molecule has 2 aromatic rings. The Morgan fingerprint density at radius 3 is 2.58 bits per heavy atom. The maximum absolute atomic E-state index is 17.6. The highest BCUT2D eigenvalue weighted by molar-refractivity contribution is 5.80. The normalized spacial score (nSPS) is 43.0. The Labute approximate surface area is 208 Å². The first-order chi connectivity index (χ1) is 16.9. The van der Waals surface area contributed by atoms with Gasteiger partial charge in [0.1, 0.15) is 5.83 Å². The van der Waals surface area contributed by atoms with E-state index in [1.807, 2.05) is 30.3 Å². The summed E-state index contributed by atoms with van der Waals surface area (Å²) in [6.45, 7) is 4.88. The first kappa shape index (κ1) is 23.6. The van der Waals surface area contributed by atoms with Crippen LogP contribution in [-0.4, -0.2) is 48.4 Å². The zero-order valence-corrected chi connectivity index (χ0v) is 20.4. The van der Waals surface area contributed by atoms with Gasteiger partial charge in [0.2, 0.25) is 0 Å². The topological polar surface area (TPSA) is 95.6 Å². The monoisotopic (exact) mass is 496 g/mol. The Morgan fingerprint density at radius 2 is 1.92 bits per heavy atom. The van der Waals surface area contributed by atoms with Crippen molar-refractivity contribution in [3.8, 4) is 5.69 Å². The fraction of sp³-hybridized carbons (Fsp3) is 0.500. The number of aromatic nitrogens is 2. The van der Waals surface area contributed by atoms with Crippen molar-refractivity contribution in [2.75, 3.05) is 0 Å². The Balaban J connectivity index is 1.52. The van der Waals surface area contributed by atoms with E-state index in [1.165, 1.54) is 6.08 Å². The molecular weight excluding hydrogens is 466 g/mol. The minimum Gasteiger partial charge on any atom is -0.479 e. The van der Waals surface area contributed by atoms with Gasteiger partial charge in [-0.25, -0.2) is 18.3 Å². The van der Waals surface area contributed by atoms with Crippen LogP contribution in [0.25, 0.3) is 11.8 Å². The number of aliphatic carboxylic acids is 1. The lowest BCUT2D eigenvalue weighted by Gasteiger charge is -2.61. The van der Waals surface area contributed by atoms with Crippen LogP contribution < -0.4 is 0 Å². The lowest BCUT2D eigenvalue weighted by atomic mass is 9.45. The predicted molar refractivity (Wildman–Crippen MR) is 128 cm³/mol. The van der Waals surface area contributed by atoms with Crippen LogP contribution in [0, 0.1) is 28.6 Å². The van der Waals surface area contributed by atoms with Crippen molar-refractivity contribution in [3.05, 3.63) is 65.3 Å². The van der Waals surface area contributed by atoms with E-state index >= 15 is 8.78 Å². The minimum absolute atomic E-state index is 0.133. The number of aliphatic hydroxyl groups is 2. The fourth-order valence-electron chi connectivity index (χ4n) is 8.15. The summed E-state index contributed by atoms with van der Waals surface area (Å²) >= 11 is 0. The summed E-state index contributed by atoms with van der Waals surface area (Å²) < 4.78 is 35.2. The highest BCUT2D eigenvalue weighted by Crippen LogP contribution is 2.70. The molecule has 2 saturated carbocycles. The molecule has 6 rings (SSSR count). The zero-order valence-electron chi connectivity index (χ0n) is 20.4. The number of para-hydroxylation sites is 1. The molecule has 36 heavy (non-hydrogen) atoms. The number of nitrogens with zero attached hydrogens (tertiary/aromatic N) is 2. The Hall–Kier alpha value is -2.84. The number of hydrogen-bond acceptors (Lipinski definition) is 4. The molecule has 2 fully saturated rings. The molecule has 8 heteroatoms. The molecule has 0 spiro atoms. The molecule has 6 nitrogen and oxygen atoms in total. The summed E-state index contributed by atoms with van der Waals surface area (Å²) in [4.78, 5) is 12.2. The van der Waals surface area contributed by atoms with Crippen molar-refractivity contribution >= 4 is 12.0 Å². The van der Waals surface area contributed by atoms with Crippen molar-refractivity contribution in [2.24, 2.45) is 28.6 Å². The number of carbonyl (C=O) groups is 1. The molecule has 1 aromatic carbocycles. The molecule has 1 aromatic heterocycles. The van der Waals surface area contributed by atoms with E-state index in [9.17, 15) is 20.1 Å². The summed E-state index contributed by atoms with van der Waals surface area (Å²) in [7, 11) is 0. The number of rotatable bonds is 2. The molecule has 4 aliphatic carbocycles. The van der Waals surface area contributed by atoms with Crippen LogP contribution in [0.15, 0.2) is 54.0 Å². The Kier molecular flexibility index (Phi) is 4.67. The van der Waals surface area contributed by atoms with Gasteiger partial charge in [-0.2, -0.15) is 5.10 Å². The summed E-state index contributed by atoms with van der Waals surface area (Å²) in [6.07, 6.45) is 3.05. The second kappa shape index (κ2) is 7.13. The summed E-state index contributed by atoms with van der Waals surface area (Å²) in [5.41, 5.74) is -4.72. The highest BCUT2D eigenvalue weighted by atomic mass is 19.1. The lowest BCUT2D eigenvalue weighted by molar-refractivity contribution is -0.219. The predicted octanol–water partition coefficient (Wildman–Crippen LogP) is 4.25. The van der Waals surface area contributed by atoms with Gasteiger partial charge in [0.05, 0.1) is 23.7 Å². The van der Waals surface area contributed by atoms with Gasteiger partial charge in [-0.15, -0.1) is 0 Å². The van der Waals surface area contributed by atoms with Gasteiger partial charge in [0.25, 0.3) is 0 Å². The first-order valence-corrected chi connectivity index (χ1v) is 12.4. The van der Waals surface area contributed by atoms with Crippen molar-refractivity contribution < 1.29 is 28.9 Å². The minimum atomic E-state index is -2.26. The fourth-order valence-corrected chi connectivity index (χ4v) is 8.15. The second-order valence-corrected chi connectivity index (χ2v) is 11.6. The van der Waals surface area contributed by atoms with Crippen molar-refractivity contribution in [2.45, 2.75) is 57.4 Å². The van der Waals surface area contributed by atoms with Crippen molar-refractivity contribution in [1.82, 2.24) is 9.78 Å². The van der Waals surface area contributed by atoms with Crippen LogP contribution >= 0.6 is 0 Å². The lowest BCUT2D eigenvalue weighted by Crippen LogP contribution is -2.69. The van der Waals surface area contributed by atoms with Crippen LogP contribution in [0.4, 0.5) is 8.78 Å². The molecular formula is C28H30F2N2O4. The second-order valence-electron chi connectivity index (χ2n) is 11.6. The largest absolute Gasteiger partial charge is 0.479 e. The van der Waals surface area contributed by atoms with Gasteiger partial charge in [-0.05, 0) is 66.5 Å². The summed E-state index contributed by atoms with van der Waals surface area (Å²) in [5, 5.41) is 37.2. The van der Waals surface area contributed by atoms with Gasteiger partial charge >= 0.3 is 5.97 Å². The molecule has 0 radical (unpaired) electrons. The quantitative estimate of drug-likeness (QED) is 0.578. The number of carboxylic acid groups (broad SMARTS) is 1.